The highest BCUT2D eigenvalue weighted by Gasteiger charge is 2.56. The van der Waals surface area contributed by atoms with Gasteiger partial charge < -0.3 is 20.8 Å². The van der Waals surface area contributed by atoms with Crippen LogP contribution in [0.2, 0.25) is 0 Å². The average molecular weight is 1150 g/mol. The summed E-state index contributed by atoms with van der Waals surface area (Å²) in [5.74, 6) is 6.96. The molecular weight excluding hydrogens is 1040 g/mol. The minimum absolute atomic E-state index is 0.0809. The van der Waals surface area contributed by atoms with Crippen LogP contribution < -0.4 is 10.6 Å². The second-order valence-corrected chi connectivity index (χ2v) is 31.7. The van der Waals surface area contributed by atoms with Crippen molar-refractivity contribution < 1.29 is 19.8 Å². The molecule has 0 bridgehead atoms. The van der Waals surface area contributed by atoms with Crippen molar-refractivity contribution in [2.24, 2.45) is 106 Å². The second kappa shape index (κ2) is 26.6. The highest BCUT2D eigenvalue weighted by atomic mass is 32.2. The van der Waals surface area contributed by atoms with Crippen molar-refractivity contribution in [2.75, 3.05) is 36.9 Å². The van der Waals surface area contributed by atoms with Crippen molar-refractivity contribution in [1.29, 1.82) is 0 Å². The van der Waals surface area contributed by atoms with Crippen molar-refractivity contribution in [2.45, 2.75) is 194 Å². The molecule has 4 fully saturated rings. The second-order valence-electron chi connectivity index (χ2n) is 29.4. The summed E-state index contributed by atoms with van der Waals surface area (Å²) in [4.78, 5) is 36.8. The number of hydrogen-bond acceptors (Lipinski definition) is 8. The molecule has 0 spiro atoms. The van der Waals surface area contributed by atoms with Crippen LogP contribution in [0.4, 0.5) is 11.4 Å². The van der Waals surface area contributed by atoms with Gasteiger partial charge in [-0.25, -0.2) is 0 Å². The Morgan fingerprint density at radius 2 is 0.707 bits per heavy atom. The van der Waals surface area contributed by atoms with Crippen LogP contribution in [0.25, 0.3) is 0 Å². The highest BCUT2D eigenvalue weighted by molar-refractivity contribution is 7.99. The maximum atomic E-state index is 16.6. The minimum Gasteiger partial charge on any atom is -0.396 e. The van der Waals surface area contributed by atoms with E-state index in [0.717, 1.165) is 82.1 Å². The van der Waals surface area contributed by atoms with Crippen LogP contribution in [0, 0.1) is 119 Å². The van der Waals surface area contributed by atoms with Gasteiger partial charge in [-0.3, -0.25) is 9.59 Å². The van der Waals surface area contributed by atoms with Gasteiger partial charge in [0.25, 0.3) is 0 Å². The van der Waals surface area contributed by atoms with E-state index in [2.05, 4.69) is 180 Å². The molecule has 82 heavy (non-hydrogen) atoms. The molecule has 12 atom stereocenters. The van der Waals surface area contributed by atoms with Gasteiger partial charge >= 0.3 is 0 Å². The van der Waals surface area contributed by atoms with Crippen LogP contribution in [0.5, 0.6) is 0 Å². The van der Waals surface area contributed by atoms with Crippen LogP contribution in [0.15, 0.2) is 92.4 Å². The van der Waals surface area contributed by atoms with Gasteiger partial charge in [-0.05, 0) is 208 Å². The van der Waals surface area contributed by atoms with E-state index >= 15 is 9.59 Å². The van der Waals surface area contributed by atoms with E-state index in [4.69, 9.17) is 0 Å². The molecule has 0 amide bonds. The van der Waals surface area contributed by atoms with Gasteiger partial charge in [0.05, 0.1) is 24.3 Å². The monoisotopic (exact) mass is 1150 g/mol. The predicted octanol–water partition coefficient (Wildman–Crippen LogP) is 19.0. The number of fused-ring (bicyclic) bond motifs is 2. The van der Waals surface area contributed by atoms with E-state index in [-0.39, 0.29) is 24.8 Å². The number of hydrogen-bond donors (Lipinski definition) is 4. The maximum absolute atomic E-state index is 16.6. The van der Waals surface area contributed by atoms with Crippen molar-refractivity contribution >= 4 is 46.5 Å². The van der Waals surface area contributed by atoms with E-state index in [1.54, 1.807) is 23.5 Å². The summed E-state index contributed by atoms with van der Waals surface area (Å²) < 4.78 is 0. The van der Waals surface area contributed by atoms with Crippen LogP contribution in [0.1, 0.15) is 203 Å². The van der Waals surface area contributed by atoms with Gasteiger partial charge in [0, 0.05) is 66.0 Å². The highest BCUT2D eigenvalue weighted by Crippen LogP contribution is 2.59. The quantitative estimate of drug-likeness (QED) is 0.0612. The third-order valence-electron chi connectivity index (χ3n) is 22.6. The van der Waals surface area contributed by atoms with E-state index in [1.807, 2.05) is 0 Å². The molecule has 5 aliphatic carbocycles. The molecule has 0 radical (unpaired) electrons. The summed E-state index contributed by atoms with van der Waals surface area (Å²) in [5, 5.41) is 33.0. The first-order valence-corrected chi connectivity index (χ1v) is 34.4. The number of aliphatic hydroxyl groups is 2. The third-order valence-corrected chi connectivity index (χ3v) is 24.7. The number of carbonyl (C=O) groups excluding carboxylic acids is 2. The Labute approximate surface area is 505 Å². The lowest BCUT2D eigenvalue weighted by molar-refractivity contribution is -0.0930. The largest absolute Gasteiger partial charge is 0.396 e. The van der Waals surface area contributed by atoms with Crippen LogP contribution in [-0.4, -0.2) is 48.1 Å². The molecule has 4 aromatic rings. The Hall–Kier alpha value is -3.56. The lowest BCUT2D eigenvalue weighted by atomic mass is 9.50. The maximum Gasteiger partial charge on any atom is 0.197 e. The number of rotatable bonds is 20. The van der Waals surface area contributed by atoms with Crippen molar-refractivity contribution in [1.82, 2.24) is 0 Å². The number of aliphatic hydroxyl groups excluding tert-OH is 2. The smallest absolute Gasteiger partial charge is 0.197 e. The molecule has 9 rings (SSSR count). The summed E-state index contributed by atoms with van der Waals surface area (Å²) in [6.45, 7) is 34.2. The molecule has 4 aromatic carbocycles. The average Bonchev–Trinajstić information content (AvgIpc) is 3.19. The SMILES string of the molecule is Cc1ccc(Sc2ccc(NCC(CO)(C3CC(C)CCC3C(C)C)C3CC(C)CCC3C(C)C)c3c2C(=O)c2c(NCC(CO)(C4CC(C)CCC4C(C)C)C4CC(C)CCC4C(C)C)ccc(Sc4ccc(C)cc4)c2C3=O)cc1. The topological polar surface area (TPSA) is 98.7 Å². The first kappa shape index (κ1) is 63.0. The molecule has 4 saturated carbocycles. The fourth-order valence-electron chi connectivity index (χ4n) is 17.9. The Kier molecular flexibility index (Phi) is 20.4. The molecule has 5 aliphatic rings. The number of ketones is 2. The van der Waals surface area contributed by atoms with Gasteiger partial charge in [-0.2, -0.15) is 0 Å². The lowest BCUT2D eigenvalue weighted by Gasteiger charge is -2.56. The number of benzene rings is 4. The summed E-state index contributed by atoms with van der Waals surface area (Å²) in [5.41, 5.74) is 4.58. The fraction of sp³-hybridized carbons (Fsp3) is 0.649. The van der Waals surface area contributed by atoms with Crippen molar-refractivity contribution in [3.8, 4) is 0 Å². The molecular formula is C74H106N2O4S2. The van der Waals surface area contributed by atoms with Gasteiger partial charge in [0.15, 0.2) is 11.6 Å². The Balaban J connectivity index is 1.22. The van der Waals surface area contributed by atoms with Crippen LogP contribution >= 0.6 is 23.5 Å². The zero-order valence-corrected chi connectivity index (χ0v) is 54.6. The Morgan fingerprint density at radius 1 is 0.427 bits per heavy atom. The van der Waals surface area contributed by atoms with E-state index in [0.29, 0.717) is 141 Å². The standard InChI is InChI=1S/C74H106N2O4S2/c1-43(2)55-27-19-49(11)35-59(55)73(41-77,60-36-50(12)20-28-56(60)44(3)4)39-75-63-31-33-65(81-53-23-15-47(9)16-24-53)69-67(63)71(79)70-66(82-54-25-17-48(10)18-26-54)34-32-64(68(70)72(69)80)76-40-74(42-78,61-37-51(13)21-29-57(61)45(5)6)62-38-52(14)22-30-58(62)46(7)8/h15-18,23-26,31-34,43-46,49-52,55-62,75-78H,19-22,27-30,35-42H2,1-14H3. The molecule has 0 heterocycles. The van der Waals surface area contributed by atoms with Gasteiger partial charge in [0.1, 0.15) is 0 Å². The summed E-state index contributed by atoms with van der Waals surface area (Å²) in [6, 6.07) is 25.3. The molecule has 4 N–H and O–H groups in total. The van der Waals surface area contributed by atoms with Crippen molar-refractivity contribution in [3.05, 3.63) is 106 Å². The fourth-order valence-corrected chi connectivity index (χ4v) is 19.8. The molecule has 6 nitrogen and oxygen atoms in total. The molecule has 448 valence electrons. The Morgan fingerprint density at radius 3 is 0.963 bits per heavy atom. The van der Waals surface area contributed by atoms with Crippen LogP contribution in [-0.2, 0) is 0 Å². The van der Waals surface area contributed by atoms with E-state index in [9.17, 15) is 10.2 Å². The Bertz CT molecular complexity index is 2560. The number of aryl methyl sites for hydroxylation is 2. The van der Waals surface area contributed by atoms with E-state index in [1.165, 1.54) is 25.7 Å². The molecule has 0 aliphatic heterocycles. The number of anilines is 2. The molecule has 8 heteroatoms. The first-order chi connectivity index (χ1) is 39.1. The summed E-state index contributed by atoms with van der Waals surface area (Å²) >= 11 is 3.12. The zero-order chi connectivity index (χ0) is 58.9. The molecule has 12 unspecified atom stereocenters. The molecule has 0 aromatic heterocycles. The lowest BCUT2D eigenvalue weighted by Crippen LogP contribution is -2.55. The molecule has 0 saturated heterocycles. The first-order valence-electron chi connectivity index (χ1n) is 32.7. The van der Waals surface area contributed by atoms with Crippen LogP contribution in [0.3, 0.4) is 0 Å². The van der Waals surface area contributed by atoms with Gasteiger partial charge in [-0.15, -0.1) is 0 Å². The number of nitrogens with one attached hydrogen (secondary N) is 2. The van der Waals surface area contributed by atoms with Gasteiger partial charge in [0.2, 0.25) is 0 Å². The third kappa shape index (κ3) is 12.8. The summed E-state index contributed by atoms with van der Waals surface area (Å²) in [6.07, 6.45) is 13.8. The van der Waals surface area contributed by atoms with E-state index < -0.39 is 10.8 Å². The van der Waals surface area contributed by atoms with Gasteiger partial charge in [-0.1, -0.05) is 168 Å². The minimum atomic E-state index is -0.451. The normalized spacial score (nSPS) is 29.4. The number of carbonyl (C=O) groups is 2. The summed E-state index contributed by atoms with van der Waals surface area (Å²) in [7, 11) is 0. The zero-order valence-electron chi connectivity index (χ0n) is 53.0. The van der Waals surface area contributed by atoms with Crippen molar-refractivity contribution in [3.63, 3.8) is 0 Å². The predicted molar refractivity (Wildman–Crippen MR) is 346 cm³/mol.